The van der Waals surface area contributed by atoms with Crippen LogP contribution in [-0.4, -0.2) is 55.8 Å². The van der Waals surface area contributed by atoms with Crippen molar-refractivity contribution in [3.8, 4) is 0 Å². The Morgan fingerprint density at radius 2 is 1.05 bits per heavy atom. The summed E-state index contributed by atoms with van der Waals surface area (Å²) in [7, 11) is -2.17. The first-order valence-corrected chi connectivity index (χ1v) is 5.64. The predicted molar refractivity (Wildman–Crippen MR) is 57.9 cm³/mol. The summed E-state index contributed by atoms with van der Waals surface area (Å²) in [6.07, 6.45) is -9.47. The van der Waals surface area contributed by atoms with Crippen molar-refractivity contribution in [3.63, 3.8) is 0 Å². The molecule has 0 unspecified atom stereocenters. The molecule has 1 aromatic carbocycles. The van der Waals surface area contributed by atoms with Gasteiger partial charge in [0.2, 0.25) is 0 Å². The molecule has 110 valence electrons. The summed E-state index contributed by atoms with van der Waals surface area (Å²) >= 11 is 0.138. The minimum Gasteiger partial charge on any atom is -0.412 e. The van der Waals surface area contributed by atoms with Gasteiger partial charge in [0, 0.05) is 0 Å². The average molecular weight is 316 g/mol. The second kappa shape index (κ2) is 8.22. The third-order valence-corrected chi connectivity index (χ3v) is 2.31. The maximum Gasteiger partial charge on any atom is 0.631 e. The number of hydrogen-bond donors (Lipinski definition) is 3. The molecule has 1 aromatic rings. The van der Waals surface area contributed by atoms with Gasteiger partial charge in [-0.15, -0.1) is 0 Å². The minimum atomic E-state index is -4.74. The Bertz CT molecular complexity index is 387. The molecule has 0 amide bonds. The molecule has 0 aliphatic rings. The van der Waals surface area contributed by atoms with E-state index in [0.29, 0.717) is 0 Å². The van der Waals surface area contributed by atoms with E-state index in [-0.39, 0.29) is 42.3 Å². The van der Waals surface area contributed by atoms with Crippen molar-refractivity contribution >= 4 is 38.1 Å². The van der Waals surface area contributed by atoms with E-state index in [0.717, 1.165) is 12.1 Å². The van der Waals surface area contributed by atoms with Crippen molar-refractivity contribution in [2.75, 3.05) is 0 Å². The molecule has 0 saturated carbocycles. The van der Waals surface area contributed by atoms with Gasteiger partial charge in [-0.1, -0.05) is 0 Å². The Morgan fingerprint density at radius 3 is 1.25 bits per heavy atom. The summed E-state index contributed by atoms with van der Waals surface area (Å²) in [5, 5.41) is 21.5. The zero-order valence-corrected chi connectivity index (χ0v) is 11.9. The first-order valence-electron chi connectivity index (χ1n) is 4.64. The van der Waals surface area contributed by atoms with E-state index in [9.17, 15) is 26.3 Å². The second-order valence-electron chi connectivity index (χ2n) is 3.43. The molecule has 20 heavy (non-hydrogen) atoms. The zero-order chi connectivity index (χ0) is 15.4. The number of hydrogen-bond acceptors (Lipinski definition) is 3. The van der Waals surface area contributed by atoms with Crippen LogP contribution in [0.4, 0.5) is 26.3 Å². The van der Waals surface area contributed by atoms with Gasteiger partial charge < -0.3 is 20.5 Å². The van der Waals surface area contributed by atoms with E-state index in [1.165, 1.54) is 0 Å². The summed E-state index contributed by atoms with van der Waals surface area (Å²) in [5.41, 5.74) is -2.50. The molecule has 0 heterocycles. The normalized spacial score (nSPS) is 11.2. The Balaban J connectivity index is 0. The molecule has 0 fully saturated rings. The van der Waals surface area contributed by atoms with Gasteiger partial charge in [-0.2, -0.15) is 0 Å². The van der Waals surface area contributed by atoms with Gasteiger partial charge in [-0.25, -0.2) is 0 Å². The van der Waals surface area contributed by atoms with Gasteiger partial charge in [0.1, 0.15) is 0 Å². The first kappa shape index (κ1) is 22.0. The Hall–Kier alpha value is -0.295. The van der Waals surface area contributed by atoms with Gasteiger partial charge in [0.15, 0.2) is 0 Å². The largest absolute Gasteiger partial charge is 0.631 e. The molecule has 0 spiro atoms. The van der Waals surface area contributed by atoms with Gasteiger partial charge in [0.05, 0.1) is 0 Å². The van der Waals surface area contributed by atoms with Crippen LogP contribution in [0.3, 0.4) is 0 Å². The summed E-state index contributed by atoms with van der Waals surface area (Å²) in [6.45, 7) is 0. The smallest absolute Gasteiger partial charge is 0.412 e. The van der Waals surface area contributed by atoms with Crippen molar-refractivity contribution in [1.29, 1.82) is 0 Å². The quantitative estimate of drug-likeness (QED) is 0.451. The average Bonchev–Trinajstić information content (AvgIpc) is 2.12. The standard InChI is InChI=1S/C8H3F6.BH3O3.Na.H2O/c9-7(10,11)5-2-1-3-6(4-5)8(12,13)14;2-1(3)4;;/h2-4H;2-4H;;1H2. The molecule has 0 radical (unpaired) electrons. The van der Waals surface area contributed by atoms with Gasteiger partial charge >= 0.3 is 106 Å². The zero-order valence-electron chi connectivity index (χ0n) is 9.92. The molecule has 0 atom stereocenters. The summed E-state index contributed by atoms with van der Waals surface area (Å²) in [4.78, 5) is 0. The predicted octanol–water partition coefficient (Wildman–Crippen LogP) is -0.358. The van der Waals surface area contributed by atoms with E-state index in [2.05, 4.69) is 0 Å². The van der Waals surface area contributed by atoms with Crippen LogP contribution in [0, 0.1) is 0 Å². The van der Waals surface area contributed by atoms with Crippen molar-refractivity contribution in [3.05, 3.63) is 29.3 Å². The van der Waals surface area contributed by atoms with Crippen LogP contribution in [0.25, 0.3) is 0 Å². The molecule has 12 heteroatoms. The third-order valence-electron chi connectivity index (χ3n) is 1.73. The minimum absolute atomic E-state index is 0. The van der Waals surface area contributed by atoms with E-state index >= 15 is 0 Å². The summed E-state index contributed by atoms with van der Waals surface area (Å²) in [6, 6.07) is 1.60. The SMILES string of the molecule is FC(F)(F)c1c[c]([Na])cc(C(F)(F)F)c1.O.OB(O)O. The fraction of sp³-hybridized carbons (Fsp3) is 0.250. The molecule has 4 nitrogen and oxygen atoms in total. The maximum absolute atomic E-state index is 12.2. The summed E-state index contributed by atoms with van der Waals surface area (Å²) < 4.78 is 73.2. The Labute approximate surface area is 126 Å². The molecule has 1 rings (SSSR count). The van der Waals surface area contributed by atoms with Crippen LogP contribution >= 0.6 is 0 Å². The van der Waals surface area contributed by atoms with Crippen LogP contribution in [-0.2, 0) is 12.4 Å². The van der Waals surface area contributed by atoms with E-state index in [4.69, 9.17) is 15.1 Å². The van der Waals surface area contributed by atoms with E-state index in [1.54, 1.807) is 0 Å². The van der Waals surface area contributed by atoms with E-state index < -0.39 is 30.8 Å². The maximum atomic E-state index is 12.2. The second-order valence-corrected chi connectivity index (χ2v) is 4.58. The Morgan fingerprint density at radius 1 is 0.800 bits per heavy atom. The van der Waals surface area contributed by atoms with Crippen molar-refractivity contribution in [2.45, 2.75) is 12.4 Å². The number of alkyl halides is 6. The molecule has 0 saturated heterocycles. The van der Waals surface area contributed by atoms with Crippen LogP contribution in [0.2, 0.25) is 0 Å². The van der Waals surface area contributed by atoms with Crippen molar-refractivity contribution in [1.82, 2.24) is 0 Å². The molecule has 5 N–H and O–H groups in total. The van der Waals surface area contributed by atoms with Gasteiger partial charge in [-0.3, -0.25) is 0 Å². The van der Waals surface area contributed by atoms with Crippen molar-refractivity contribution < 1.29 is 46.9 Å². The van der Waals surface area contributed by atoms with Crippen LogP contribution in [0.5, 0.6) is 0 Å². The number of rotatable bonds is 0. The topological polar surface area (TPSA) is 92.2 Å². The number of halogens is 6. The molecular weight excluding hydrogens is 308 g/mol. The van der Waals surface area contributed by atoms with Crippen LogP contribution in [0.1, 0.15) is 11.1 Å². The fourth-order valence-corrected chi connectivity index (χ4v) is 1.73. The number of benzene rings is 1. The van der Waals surface area contributed by atoms with Crippen molar-refractivity contribution in [2.24, 2.45) is 0 Å². The molecule has 0 aliphatic carbocycles. The van der Waals surface area contributed by atoms with E-state index in [1.807, 2.05) is 0 Å². The monoisotopic (exact) mass is 316 g/mol. The van der Waals surface area contributed by atoms with Crippen LogP contribution in [0.15, 0.2) is 18.2 Å². The van der Waals surface area contributed by atoms with Gasteiger partial charge in [0.25, 0.3) is 0 Å². The summed E-state index contributed by atoms with van der Waals surface area (Å²) in [5.74, 6) is 0. The molecule has 0 aliphatic heterocycles. The molecule has 0 aromatic heterocycles. The molecule has 0 bridgehead atoms. The third kappa shape index (κ3) is 8.79. The first-order chi connectivity index (χ1) is 8.34. The van der Waals surface area contributed by atoms with Gasteiger partial charge in [-0.05, 0) is 0 Å². The molecular formula is C8H8BF6NaO4. The Kier molecular flexibility index (Phi) is 9.04. The fourth-order valence-electron chi connectivity index (χ4n) is 1.11. The van der Waals surface area contributed by atoms with Crippen LogP contribution < -0.4 is 2.81 Å².